The second-order valence-corrected chi connectivity index (χ2v) is 7.59. The van der Waals surface area contributed by atoms with Gasteiger partial charge in [-0.3, -0.25) is 9.89 Å². The van der Waals surface area contributed by atoms with Crippen molar-refractivity contribution >= 4 is 29.9 Å². The molecule has 0 saturated carbocycles. The molecule has 1 unspecified atom stereocenters. The Balaban J connectivity index is 0.00000512. The molecule has 2 rings (SSSR count). The summed E-state index contributed by atoms with van der Waals surface area (Å²) in [6, 6.07) is 4.31. The van der Waals surface area contributed by atoms with E-state index in [1.807, 2.05) is 12.1 Å². The minimum Gasteiger partial charge on any atom is -0.493 e. The lowest BCUT2D eigenvalue weighted by Gasteiger charge is -2.39. The summed E-state index contributed by atoms with van der Waals surface area (Å²) in [6.45, 7) is 9.53. The van der Waals surface area contributed by atoms with Crippen molar-refractivity contribution in [1.29, 1.82) is 0 Å². The molecule has 1 aliphatic rings. The molecule has 1 atom stereocenters. The molecule has 0 radical (unpaired) electrons. The molecular formula is C23H41IN4O4. The highest BCUT2D eigenvalue weighted by molar-refractivity contribution is 14.0. The van der Waals surface area contributed by atoms with E-state index in [0.29, 0.717) is 35.8 Å². The molecule has 1 heterocycles. The Kier molecular flexibility index (Phi) is 13.7. The number of guanidine groups is 1. The van der Waals surface area contributed by atoms with Gasteiger partial charge in [0.2, 0.25) is 5.75 Å². The number of methoxy groups -OCH3 is 3. The Bertz CT molecular complexity index is 695. The number of rotatable bonds is 11. The van der Waals surface area contributed by atoms with E-state index in [4.69, 9.17) is 18.9 Å². The molecule has 1 aromatic rings. The lowest BCUT2D eigenvalue weighted by atomic mass is 9.92. The van der Waals surface area contributed by atoms with Crippen LogP contribution in [-0.4, -0.2) is 78.1 Å². The Labute approximate surface area is 210 Å². The van der Waals surface area contributed by atoms with Crippen LogP contribution in [0.1, 0.15) is 32.3 Å². The average molecular weight is 565 g/mol. The van der Waals surface area contributed by atoms with Crippen molar-refractivity contribution in [3.63, 3.8) is 0 Å². The van der Waals surface area contributed by atoms with Gasteiger partial charge in [0.15, 0.2) is 17.5 Å². The van der Waals surface area contributed by atoms with Gasteiger partial charge in [-0.15, -0.1) is 24.0 Å². The zero-order valence-corrected chi connectivity index (χ0v) is 22.7. The van der Waals surface area contributed by atoms with Crippen LogP contribution in [0, 0.1) is 5.92 Å². The van der Waals surface area contributed by atoms with E-state index in [0.717, 1.165) is 57.2 Å². The summed E-state index contributed by atoms with van der Waals surface area (Å²) in [5.41, 5.74) is 0.966. The number of nitrogens with one attached hydrogen (secondary N) is 2. The highest BCUT2D eigenvalue weighted by Gasteiger charge is 2.27. The molecule has 1 aromatic carbocycles. The third-order valence-electron chi connectivity index (χ3n) is 6.04. The van der Waals surface area contributed by atoms with Gasteiger partial charge in [-0.25, -0.2) is 0 Å². The minimum absolute atomic E-state index is 0. The van der Waals surface area contributed by atoms with Gasteiger partial charge in [-0.1, -0.05) is 26.7 Å². The van der Waals surface area contributed by atoms with Crippen molar-refractivity contribution in [2.45, 2.75) is 39.3 Å². The van der Waals surface area contributed by atoms with E-state index in [1.165, 1.54) is 0 Å². The second-order valence-electron chi connectivity index (χ2n) is 7.59. The summed E-state index contributed by atoms with van der Waals surface area (Å²) in [7, 11) is 6.66. The first kappa shape index (κ1) is 28.6. The molecule has 0 amide bonds. The third-order valence-corrected chi connectivity index (χ3v) is 6.04. The molecule has 0 aliphatic carbocycles. The summed E-state index contributed by atoms with van der Waals surface area (Å²) < 4.78 is 22.0. The molecule has 1 aliphatic heterocycles. The van der Waals surface area contributed by atoms with Crippen LogP contribution in [0.5, 0.6) is 17.2 Å². The van der Waals surface area contributed by atoms with Gasteiger partial charge in [0.25, 0.3) is 0 Å². The first-order valence-corrected chi connectivity index (χ1v) is 11.2. The van der Waals surface area contributed by atoms with Crippen LogP contribution in [0.25, 0.3) is 0 Å². The minimum atomic E-state index is 0. The van der Waals surface area contributed by atoms with Crippen LogP contribution >= 0.6 is 24.0 Å². The summed E-state index contributed by atoms with van der Waals surface area (Å²) >= 11 is 0. The van der Waals surface area contributed by atoms with Crippen molar-refractivity contribution in [1.82, 2.24) is 15.5 Å². The average Bonchev–Trinajstić information content (AvgIpc) is 2.83. The summed E-state index contributed by atoms with van der Waals surface area (Å²) in [4.78, 5) is 6.97. The molecule has 184 valence electrons. The first-order chi connectivity index (χ1) is 15.1. The van der Waals surface area contributed by atoms with E-state index in [9.17, 15) is 0 Å². The zero-order chi connectivity index (χ0) is 22.6. The van der Waals surface area contributed by atoms with Crippen LogP contribution in [0.2, 0.25) is 0 Å². The van der Waals surface area contributed by atoms with Crippen molar-refractivity contribution in [2.24, 2.45) is 10.9 Å². The maximum absolute atomic E-state index is 5.59. The largest absolute Gasteiger partial charge is 0.493 e. The highest BCUT2D eigenvalue weighted by Crippen LogP contribution is 2.39. The summed E-state index contributed by atoms with van der Waals surface area (Å²) in [5, 5.41) is 6.94. The zero-order valence-electron chi connectivity index (χ0n) is 20.4. The smallest absolute Gasteiger partial charge is 0.203 e. The molecule has 0 spiro atoms. The van der Waals surface area contributed by atoms with E-state index in [1.54, 1.807) is 28.4 Å². The molecule has 0 bridgehead atoms. The molecule has 1 saturated heterocycles. The summed E-state index contributed by atoms with van der Waals surface area (Å²) in [5.74, 6) is 3.29. The van der Waals surface area contributed by atoms with Crippen molar-refractivity contribution < 1.29 is 18.9 Å². The molecule has 8 nitrogen and oxygen atoms in total. The molecule has 0 aromatic heterocycles. The van der Waals surface area contributed by atoms with Gasteiger partial charge in [0, 0.05) is 44.8 Å². The van der Waals surface area contributed by atoms with E-state index in [-0.39, 0.29) is 24.0 Å². The molecule has 1 fully saturated rings. The molecule has 2 N–H and O–H groups in total. The van der Waals surface area contributed by atoms with Crippen molar-refractivity contribution in [3.8, 4) is 17.2 Å². The Morgan fingerprint density at radius 2 is 1.69 bits per heavy atom. The SMILES string of the molecule is CCC(CC)C(CNC(=NC)NCc1ccc(OC)c(OC)c1OC)N1CCOCC1.I. The second kappa shape index (κ2) is 15.4. The van der Waals surface area contributed by atoms with Gasteiger partial charge in [0.05, 0.1) is 34.5 Å². The van der Waals surface area contributed by atoms with Gasteiger partial charge in [0.1, 0.15) is 0 Å². The van der Waals surface area contributed by atoms with Crippen LogP contribution in [-0.2, 0) is 11.3 Å². The number of ether oxygens (including phenoxy) is 4. The summed E-state index contributed by atoms with van der Waals surface area (Å²) in [6.07, 6.45) is 2.32. The van der Waals surface area contributed by atoms with Gasteiger partial charge >= 0.3 is 0 Å². The highest BCUT2D eigenvalue weighted by atomic mass is 127. The van der Waals surface area contributed by atoms with Gasteiger partial charge in [-0.05, 0) is 18.1 Å². The standard InChI is InChI=1S/C23H40N4O4.HI/c1-7-17(8-2)19(27-11-13-31-14-12-27)16-26-23(24-3)25-15-18-9-10-20(28-4)22(30-6)21(18)29-5;/h9-10,17,19H,7-8,11-16H2,1-6H3,(H2,24,25,26);1H. The van der Waals surface area contributed by atoms with E-state index < -0.39 is 0 Å². The van der Waals surface area contributed by atoms with E-state index >= 15 is 0 Å². The lowest BCUT2D eigenvalue weighted by Crippen LogP contribution is -2.53. The molecule has 9 heteroatoms. The van der Waals surface area contributed by atoms with Gasteiger partial charge < -0.3 is 29.6 Å². The number of hydrogen-bond donors (Lipinski definition) is 2. The predicted molar refractivity (Wildman–Crippen MR) is 140 cm³/mol. The maximum atomic E-state index is 5.59. The quantitative estimate of drug-likeness (QED) is 0.243. The normalized spacial score (nSPS) is 15.7. The number of halogens is 1. The fourth-order valence-corrected chi connectivity index (χ4v) is 4.24. The number of hydrogen-bond acceptors (Lipinski definition) is 6. The maximum Gasteiger partial charge on any atom is 0.203 e. The Hall–Kier alpha value is -1.46. The molecule has 32 heavy (non-hydrogen) atoms. The number of aliphatic imine (C=N–C) groups is 1. The predicted octanol–water partition coefficient (Wildman–Crippen LogP) is 3.13. The van der Waals surface area contributed by atoms with Crippen molar-refractivity contribution in [3.05, 3.63) is 17.7 Å². The topological polar surface area (TPSA) is 76.6 Å². The fraction of sp³-hybridized carbons (Fsp3) is 0.696. The number of nitrogens with zero attached hydrogens (tertiary/aromatic N) is 2. The van der Waals surface area contributed by atoms with E-state index in [2.05, 4.69) is 34.4 Å². The van der Waals surface area contributed by atoms with Crippen LogP contribution in [0.15, 0.2) is 17.1 Å². The van der Waals surface area contributed by atoms with Crippen LogP contribution in [0.3, 0.4) is 0 Å². The fourth-order valence-electron chi connectivity index (χ4n) is 4.24. The monoisotopic (exact) mass is 564 g/mol. The van der Waals surface area contributed by atoms with Crippen molar-refractivity contribution in [2.75, 3.05) is 61.2 Å². The number of morpholine rings is 1. The third kappa shape index (κ3) is 7.55. The Morgan fingerprint density at radius 3 is 2.22 bits per heavy atom. The van der Waals surface area contributed by atoms with Crippen LogP contribution in [0.4, 0.5) is 0 Å². The number of benzene rings is 1. The first-order valence-electron chi connectivity index (χ1n) is 11.2. The Morgan fingerprint density at radius 1 is 1.03 bits per heavy atom. The van der Waals surface area contributed by atoms with Gasteiger partial charge in [-0.2, -0.15) is 0 Å². The molecular weight excluding hydrogens is 523 g/mol. The lowest BCUT2D eigenvalue weighted by molar-refractivity contribution is 0.00272. The van der Waals surface area contributed by atoms with Crippen LogP contribution < -0.4 is 24.8 Å².